The Kier molecular flexibility index (Phi) is 4.22. The average Bonchev–Trinajstić information content (AvgIpc) is 2.47. The minimum Gasteiger partial charge on any atom is -0.390 e. The van der Waals surface area contributed by atoms with Crippen molar-refractivity contribution >= 4 is 11.8 Å². The molecule has 0 amide bonds. The molecule has 0 bridgehead atoms. The standard InChI is InChI=1S/C10H16N2OS/c1-8(2)4-5-14-10-11-6-9(7-13)12(10)3/h6,13H,1,4-5,7H2,2-3H3. The summed E-state index contributed by atoms with van der Waals surface area (Å²) in [5, 5.41) is 9.92. The Morgan fingerprint density at radius 2 is 2.43 bits per heavy atom. The molecule has 3 nitrogen and oxygen atoms in total. The smallest absolute Gasteiger partial charge is 0.167 e. The Balaban J connectivity index is 2.50. The molecule has 14 heavy (non-hydrogen) atoms. The highest BCUT2D eigenvalue weighted by Crippen LogP contribution is 2.19. The van der Waals surface area contributed by atoms with E-state index >= 15 is 0 Å². The first-order valence-electron chi connectivity index (χ1n) is 4.53. The molecule has 0 aliphatic heterocycles. The lowest BCUT2D eigenvalue weighted by molar-refractivity contribution is 0.271. The third-order valence-corrected chi connectivity index (χ3v) is 3.01. The lowest BCUT2D eigenvalue weighted by Gasteiger charge is -2.03. The van der Waals surface area contributed by atoms with Gasteiger partial charge in [-0.25, -0.2) is 4.98 Å². The van der Waals surface area contributed by atoms with Crippen molar-refractivity contribution in [2.45, 2.75) is 25.1 Å². The van der Waals surface area contributed by atoms with Crippen LogP contribution in [0.5, 0.6) is 0 Å². The summed E-state index contributed by atoms with van der Waals surface area (Å²) in [4.78, 5) is 4.22. The van der Waals surface area contributed by atoms with Gasteiger partial charge in [0.1, 0.15) is 0 Å². The van der Waals surface area contributed by atoms with Crippen molar-refractivity contribution in [1.82, 2.24) is 9.55 Å². The topological polar surface area (TPSA) is 38.1 Å². The fourth-order valence-electron chi connectivity index (χ4n) is 1.02. The van der Waals surface area contributed by atoms with Gasteiger partial charge in [-0.05, 0) is 13.3 Å². The maximum absolute atomic E-state index is 8.96. The minimum absolute atomic E-state index is 0.0462. The molecule has 0 radical (unpaired) electrons. The number of aliphatic hydroxyl groups is 1. The molecule has 0 saturated heterocycles. The third-order valence-electron chi connectivity index (χ3n) is 1.96. The molecule has 1 aromatic rings. The molecule has 1 aromatic heterocycles. The first-order valence-corrected chi connectivity index (χ1v) is 5.52. The van der Waals surface area contributed by atoms with Gasteiger partial charge in [0.05, 0.1) is 18.5 Å². The second-order valence-corrected chi connectivity index (χ2v) is 4.37. The Morgan fingerprint density at radius 1 is 1.71 bits per heavy atom. The number of rotatable bonds is 5. The van der Waals surface area contributed by atoms with E-state index in [1.54, 1.807) is 18.0 Å². The number of allylic oxidation sites excluding steroid dienone is 1. The third kappa shape index (κ3) is 2.89. The second-order valence-electron chi connectivity index (χ2n) is 3.30. The summed E-state index contributed by atoms with van der Waals surface area (Å²) < 4.78 is 1.92. The monoisotopic (exact) mass is 212 g/mol. The van der Waals surface area contributed by atoms with E-state index in [0.29, 0.717) is 0 Å². The van der Waals surface area contributed by atoms with E-state index in [-0.39, 0.29) is 6.61 Å². The zero-order valence-electron chi connectivity index (χ0n) is 8.66. The van der Waals surface area contributed by atoms with Crippen LogP contribution in [0, 0.1) is 0 Å². The number of thioether (sulfide) groups is 1. The van der Waals surface area contributed by atoms with Crippen molar-refractivity contribution in [3.8, 4) is 0 Å². The van der Waals surface area contributed by atoms with E-state index in [9.17, 15) is 0 Å². The molecule has 0 aliphatic carbocycles. The predicted molar refractivity (Wildman–Crippen MR) is 59.3 cm³/mol. The van der Waals surface area contributed by atoms with E-state index in [2.05, 4.69) is 11.6 Å². The largest absolute Gasteiger partial charge is 0.390 e. The number of imidazole rings is 1. The maximum atomic E-state index is 8.96. The van der Waals surface area contributed by atoms with Crippen LogP contribution in [0.15, 0.2) is 23.5 Å². The molecule has 1 rings (SSSR count). The van der Waals surface area contributed by atoms with Gasteiger partial charge >= 0.3 is 0 Å². The van der Waals surface area contributed by atoms with Crippen molar-refractivity contribution in [3.63, 3.8) is 0 Å². The van der Waals surface area contributed by atoms with Gasteiger partial charge < -0.3 is 9.67 Å². The Hall–Kier alpha value is -0.740. The first kappa shape index (κ1) is 11.3. The fourth-order valence-corrected chi connectivity index (χ4v) is 2.09. The SMILES string of the molecule is C=C(C)CCSc1ncc(CO)n1C. The summed E-state index contributed by atoms with van der Waals surface area (Å²) in [6.45, 7) is 5.92. The summed E-state index contributed by atoms with van der Waals surface area (Å²) in [5.74, 6) is 0.991. The highest BCUT2D eigenvalue weighted by molar-refractivity contribution is 7.99. The van der Waals surface area contributed by atoms with Crippen molar-refractivity contribution in [2.75, 3.05) is 5.75 Å². The van der Waals surface area contributed by atoms with Crippen LogP contribution in [0.25, 0.3) is 0 Å². The average molecular weight is 212 g/mol. The molecule has 0 atom stereocenters. The number of aromatic nitrogens is 2. The number of hydrogen-bond donors (Lipinski definition) is 1. The van der Waals surface area contributed by atoms with Gasteiger partial charge in [0.25, 0.3) is 0 Å². The summed E-state index contributed by atoms with van der Waals surface area (Å²) in [7, 11) is 1.92. The van der Waals surface area contributed by atoms with Crippen molar-refractivity contribution < 1.29 is 5.11 Å². The molecular formula is C10H16N2OS. The van der Waals surface area contributed by atoms with Gasteiger partial charge in [0.15, 0.2) is 5.16 Å². The Morgan fingerprint density at radius 3 is 2.93 bits per heavy atom. The molecule has 1 N–H and O–H groups in total. The minimum atomic E-state index is 0.0462. The normalized spacial score (nSPS) is 10.5. The Bertz CT molecular complexity index is 320. The van der Waals surface area contributed by atoms with E-state index in [0.717, 1.165) is 23.0 Å². The molecule has 0 fully saturated rings. The van der Waals surface area contributed by atoms with Crippen molar-refractivity contribution in [3.05, 3.63) is 24.0 Å². The van der Waals surface area contributed by atoms with Crippen LogP contribution < -0.4 is 0 Å². The van der Waals surface area contributed by atoms with Gasteiger partial charge in [-0.1, -0.05) is 17.3 Å². The molecule has 1 heterocycles. The quantitative estimate of drug-likeness (QED) is 0.599. The predicted octanol–water partition coefficient (Wildman–Crippen LogP) is 1.97. The Labute approximate surface area is 88.9 Å². The summed E-state index contributed by atoms with van der Waals surface area (Å²) in [6.07, 6.45) is 2.72. The van der Waals surface area contributed by atoms with Crippen LogP contribution in [0.2, 0.25) is 0 Å². The van der Waals surface area contributed by atoms with Crippen LogP contribution in [0.3, 0.4) is 0 Å². The second kappa shape index (κ2) is 5.22. The van der Waals surface area contributed by atoms with Crippen LogP contribution in [0.1, 0.15) is 19.0 Å². The van der Waals surface area contributed by atoms with Gasteiger partial charge in [-0.2, -0.15) is 0 Å². The van der Waals surface area contributed by atoms with Crippen LogP contribution >= 0.6 is 11.8 Å². The van der Waals surface area contributed by atoms with E-state index in [4.69, 9.17) is 5.11 Å². The first-order chi connectivity index (χ1) is 6.65. The molecule has 78 valence electrons. The van der Waals surface area contributed by atoms with Gasteiger partial charge in [-0.15, -0.1) is 6.58 Å². The maximum Gasteiger partial charge on any atom is 0.167 e. The van der Waals surface area contributed by atoms with E-state index in [1.807, 2.05) is 18.5 Å². The summed E-state index contributed by atoms with van der Waals surface area (Å²) in [6, 6.07) is 0. The molecule has 4 heteroatoms. The van der Waals surface area contributed by atoms with E-state index < -0.39 is 0 Å². The van der Waals surface area contributed by atoms with Crippen molar-refractivity contribution in [1.29, 1.82) is 0 Å². The van der Waals surface area contributed by atoms with Crippen molar-refractivity contribution in [2.24, 2.45) is 7.05 Å². The van der Waals surface area contributed by atoms with Gasteiger partial charge in [0, 0.05) is 12.8 Å². The number of hydrogen-bond acceptors (Lipinski definition) is 3. The van der Waals surface area contributed by atoms with Crippen LogP contribution in [-0.2, 0) is 13.7 Å². The molecule has 0 saturated carbocycles. The lowest BCUT2D eigenvalue weighted by atomic mass is 10.3. The van der Waals surface area contributed by atoms with E-state index in [1.165, 1.54) is 5.57 Å². The summed E-state index contributed by atoms with van der Waals surface area (Å²) in [5.41, 5.74) is 2.04. The summed E-state index contributed by atoms with van der Waals surface area (Å²) >= 11 is 1.69. The van der Waals surface area contributed by atoms with Crippen LogP contribution in [0.4, 0.5) is 0 Å². The highest BCUT2D eigenvalue weighted by atomic mass is 32.2. The van der Waals surface area contributed by atoms with Crippen LogP contribution in [-0.4, -0.2) is 20.4 Å². The number of nitrogens with zero attached hydrogens (tertiary/aromatic N) is 2. The molecule has 0 aromatic carbocycles. The van der Waals surface area contributed by atoms with Gasteiger partial charge in [-0.3, -0.25) is 0 Å². The zero-order chi connectivity index (χ0) is 10.6. The zero-order valence-corrected chi connectivity index (χ0v) is 9.47. The van der Waals surface area contributed by atoms with Gasteiger partial charge in [0.2, 0.25) is 0 Å². The highest BCUT2D eigenvalue weighted by Gasteiger charge is 2.05. The molecule has 0 aliphatic rings. The number of aliphatic hydroxyl groups excluding tert-OH is 1. The fraction of sp³-hybridized carbons (Fsp3) is 0.500. The lowest BCUT2D eigenvalue weighted by Crippen LogP contribution is -1.97. The molecule has 0 spiro atoms. The molecular weight excluding hydrogens is 196 g/mol. The molecule has 0 unspecified atom stereocenters.